The molecule has 1 aromatic rings. The lowest BCUT2D eigenvalue weighted by Gasteiger charge is -2.37. The third-order valence-electron chi connectivity index (χ3n) is 4.57. The van der Waals surface area contributed by atoms with E-state index in [0.717, 1.165) is 12.0 Å². The van der Waals surface area contributed by atoms with Crippen LogP contribution in [0.1, 0.15) is 46.1 Å². The van der Waals surface area contributed by atoms with Crippen LogP contribution in [0.3, 0.4) is 0 Å². The molecule has 0 radical (unpaired) electrons. The Bertz CT molecular complexity index is 684. The van der Waals surface area contributed by atoms with Gasteiger partial charge in [-0.3, -0.25) is 9.59 Å². The van der Waals surface area contributed by atoms with Gasteiger partial charge in [-0.25, -0.2) is 4.79 Å². The van der Waals surface area contributed by atoms with Gasteiger partial charge in [0.2, 0.25) is 5.91 Å². The van der Waals surface area contributed by atoms with Crippen LogP contribution in [-0.2, 0) is 25.7 Å². The van der Waals surface area contributed by atoms with Crippen molar-refractivity contribution in [2.75, 3.05) is 13.1 Å². The van der Waals surface area contributed by atoms with Gasteiger partial charge in [0.05, 0.1) is 0 Å². The molecule has 154 valence electrons. The Hall–Kier alpha value is -2.57. The fourth-order valence-electron chi connectivity index (χ4n) is 3.19. The summed E-state index contributed by atoms with van der Waals surface area (Å²) >= 11 is 0. The van der Waals surface area contributed by atoms with Gasteiger partial charge in [0, 0.05) is 6.54 Å². The van der Waals surface area contributed by atoms with E-state index in [-0.39, 0.29) is 25.0 Å². The zero-order valence-corrected chi connectivity index (χ0v) is 17.1. The SMILES string of the molecule is CC[C@H]1CCN(CC(=O)OC(C)(C)C)C(=O)[C@@H]1NC(=O)OCc1ccccc1. The van der Waals surface area contributed by atoms with Crippen molar-refractivity contribution in [3.05, 3.63) is 35.9 Å². The highest BCUT2D eigenvalue weighted by molar-refractivity contribution is 5.89. The Morgan fingerprint density at radius 1 is 1.21 bits per heavy atom. The molecule has 28 heavy (non-hydrogen) atoms. The van der Waals surface area contributed by atoms with Crippen LogP contribution in [-0.4, -0.2) is 47.6 Å². The summed E-state index contributed by atoms with van der Waals surface area (Å²) in [5.41, 5.74) is 0.257. The molecule has 1 aromatic carbocycles. The molecule has 0 bridgehead atoms. The van der Waals surface area contributed by atoms with Crippen LogP contribution >= 0.6 is 0 Å². The normalized spacial score (nSPS) is 19.9. The molecule has 0 unspecified atom stereocenters. The molecular weight excluding hydrogens is 360 g/mol. The number of carbonyl (C=O) groups is 3. The monoisotopic (exact) mass is 390 g/mol. The van der Waals surface area contributed by atoms with E-state index in [1.807, 2.05) is 37.3 Å². The molecule has 2 rings (SSSR count). The summed E-state index contributed by atoms with van der Waals surface area (Å²) < 4.78 is 10.5. The number of nitrogens with zero attached hydrogens (tertiary/aromatic N) is 1. The van der Waals surface area contributed by atoms with Gasteiger partial charge in [0.1, 0.15) is 24.8 Å². The van der Waals surface area contributed by atoms with Crippen molar-refractivity contribution in [3.63, 3.8) is 0 Å². The van der Waals surface area contributed by atoms with Crippen molar-refractivity contribution in [2.45, 2.75) is 58.8 Å². The van der Waals surface area contributed by atoms with Crippen LogP contribution < -0.4 is 5.32 Å². The number of nitrogens with one attached hydrogen (secondary N) is 1. The number of hydrogen-bond acceptors (Lipinski definition) is 5. The molecule has 7 nitrogen and oxygen atoms in total. The van der Waals surface area contributed by atoms with Crippen LogP contribution in [0.25, 0.3) is 0 Å². The fraction of sp³-hybridized carbons (Fsp3) is 0.571. The van der Waals surface area contributed by atoms with Crippen LogP contribution in [0.4, 0.5) is 4.79 Å². The Labute approximate surface area is 166 Å². The molecule has 7 heteroatoms. The van der Waals surface area contributed by atoms with Crippen LogP contribution in [0.5, 0.6) is 0 Å². The first-order valence-corrected chi connectivity index (χ1v) is 9.67. The summed E-state index contributed by atoms with van der Waals surface area (Å²) in [4.78, 5) is 38.6. The maximum atomic E-state index is 12.9. The standard InChI is InChI=1S/C21H30N2O5/c1-5-16-11-12-23(13-17(24)28-21(2,3)4)19(25)18(16)22-20(26)27-14-15-9-7-6-8-10-15/h6-10,16,18H,5,11-14H2,1-4H3,(H,22,26)/t16-,18+/m0/s1. The summed E-state index contributed by atoms with van der Waals surface area (Å²) in [7, 11) is 0. The largest absolute Gasteiger partial charge is 0.459 e. The summed E-state index contributed by atoms with van der Waals surface area (Å²) in [5, 5.41) is 2.69. The number of likely N-dealkylation sites (tertiary alicyclic amines) is 1. The Kier molecular flexibility index (Phi) is 7.43. The average molecular weight is 390 g/mol. The zero-order chi connectivity index (χ0) is 20.7. The number of amides is 2. The summed E-state index contributed by atoms with van der Waals surface area (Å²) in [6.07, 6.45) is 0.810. The molecule has 1 heterocycles. The second-order valence-electron chi connectivity index (χ2n) is 7.99. The molecule has 1 fully saturated rings. The number of alkyl carbamates (subject to hydrolysis) is 1. The Morgan fingerprint density at radius 3 is 2.50 bits per heavy atom. The topological polar surface area (TPSA) is 84.9 Å². The molecule has 1 N–H and O–H groups in total. The predicted molar refractivity (Wildman–Crippen MR) is 104 cm³/mol. The maximum absolute atomic E-state index is 12.9. The minimum atomic E-state index is -0.704. The van der Waals surface area contributed by atoms with Gasteiger partial charge < -0.3 is 19.7 Å². The molecular formula is C21H30N2O5. The van der Waals surface area contributed by atoms with Gasteiger partial charge in [-0.15, -0.1) is 0 Å². The highest BCUT2D eigenvalue weighted by Gasteiger charge is 2.38. The van der Waals surface area contributed by atoms with E-state index in [1.165, 1.54) is 4.90 Å². The molecule has 1 aliphatic heterocycles. The van der Waals surface area contributed by atoms with Crippen molar-refractivity contribution in [3.8, 4) is 0 Å². The molecule has 1 aliphatic rings. The molecule has 0 saturated carbocycles. The fourth-order valence-corrected chi connectivity index (χ4v) is 3.19. The van der Waals surface area contributed by atoms with E-state index < -0.39 is 23.7 Å². The van der Waals surface area contributed by atoms with Gasteiger partial charge in [0.15, 0.2) is 0 Å². The quantitative estimate of drug-likeness (QED) is 0.755. The molecule has 0 aromatic heterocycles. The minimum absolute atomic E-state index is 0.00617. The van der Waals surface area contributed by atoms with E-state index in [0.29, 0.717) is 13.0 Å². The first-order chi connectivity index (χ1) is 13.2. The first kappa shape index (κ1) is 21.7. The Balaban J connectivity index is 1.94. The zero-order valence-electron chi connectivity index (χ0n) is 17.1. The van der Waals surface area contributed by atoms with Crippen LogP contribution in [0.2, 0.25) is 0 Å². The second kappa shape index (κ2) is 9.57. The lowest BCUT2D eigenvalue weighted by molar-refractivity contribution is -0.160. The lowest BCUT2D eigenvalue weighted by atomic mass is 9.88. The summed E-state index contributed by atoms with van der Waals surface area (Å²) in [5.74, 6) is -0.728. The molecule has 1 saturated heterocycles. The van der Waals surface area contributed by atoms with Gasteiger partial charge in [-0.05, 0) is 38.7 Å². The third kappa shape index (κ3) is 6.55. The number of rotatable bonds is 6. The summed E-state index contributed by atoms with van der Waals surface area (Å²) in [6, 6.07) is 8.62. The van der Waals surface area contributed by atoms with E-state index in [2.05, 4.69) is 5.32 Å². The van der Waals surface area contributed by atoms with E-state index in [4.69, 9.17) is 9.47 Å². The highest BCUT2D eigenvalue weighted by atomic mass is 16.6. The number of benzene rings is 1. The van der Waals surface area contributed by atoms with Gasteiger partial charge in [-0.2, -0.15) is 0 Å². The van der Waals surface area contributed by atoms with E-state index in [9.17, 15) is 14.4 Å². The number of ether oxygens (including phenoxy) is 2. The lowest BCUT2D eigenvalue weighted by Crippen LogP contribution is -2.57. The number of piperidine rings is 1. The average Bonchev–Trinajstić information content (AvgIpc) is 2.63. The maximum Gasteiger partial charge on any atom is 0.408 e. The first-order valence-electron chi connectivity index (χ1n) is 9.67. The van der Waals surface area contributed by atoms with Crippen LogP contribution in [0, 0.1) is 5.92 Å². The van der Waals surface area contributed by atoms with Crippen molar-refractivity contribution in [2.24, 2.45) is 5.92 Å². The molecule has 0 aliphatic carbocycles. The van der Waals surface area contributed by atoms with Crippen molar-refractivity contribution in [1.29, 1.82) is 0 Å². The predicted octanol–water partition coefficient (Wildman–Crippen LogP) is 2.88. The Morgan fingerprint density at radius 2 is 1.89 bits per heavy atom. The number of hydrogen-bond donors (Lipinski definition) is 1. The van der Waals surface area contributed by atoms with E-state index in [1.54, 1.807) is 20.8 Å². The molecule has 2 atom stereocenters. The van der Waals surface area contributed by atoms with Crippen LogP contribution in [0.15, 0.2) is 30.3 Å². The van der Waals surface area contributed by atoms with E-state index >= 15 is 0 Å². The third-order valence-corrected chi connectivity index (χ3v) is 4.57. The van der Waals surface area contributed by atoms with Gasteiger partial charge in [0.25, 0.3) is 0 Å². The molecule has 0 spiro atoms. The number of esters is 1. The van der Waals surface area contributed by atoms with Gasteiger partial charge >= 0.3 is 12.1 Å². The van der Waals surface area contributed by atoms with Crippen molar-refractivity contribution < 1.29 is 23.9 Å². The summed E-state index contributed by atoms with van der Waals surface area (Å²) in [6.45, 7) is 7.80. The van der Waals surface area contributed by atoms with Crippen molar-refractivity contribution in [1.82, 2.24) is 10.2 Å². The molecule has 2 amide bonds. The number of carbonyl (C=O) groups excluding carboxylic acids is 3. The highest BCUT2D eigenvalue weighted by Crippen LogP contribution is 2.22. The van der Waals surface area contributed by atoms with Crippen molar-refractivity contribution >= 4 is 18.0 Å². The smallest absolute Gasteiger partial charge is 0.408 e. The second-order valence-corrected chi connectivity index (χ2v) is 7.99. The minimum Gasteiger partial charge on any atom is -0.459 e. The van der Waals surface area contributed by atoms with Gasteiger partial charge in [-0.1, -0.05) is 43.7 Å².